The van der Waals surface area contributed by atoms with Crippen molar-refractivity contribution >= 4 is 28.1 Å². The van der Waals surface area contributed by atoms with E-state index in [9.17, 15) is 0 Å². The maximum absolute atomic E-state index is 5.30. The fraction of sp³-hybridized carbons (Fsp3) is 0.176. The van der Waals surface area contributed by atoms with E-state index in [0.717, 1.165) is 32.8 Å². The molecule has 21 heavy (non-hydrogen) atoms. The Bertz CT molecular complexity index is 650. The monoisotopic (exact) mass is 348 g/mol. The van der Waals surface area contributed by atoms with Crippen LogP contribution in [0, 0.1) is 0 Å². The summed E-state index contributed by atoms with van der Waals surface area (Å²) in [5, 5.41) is 0. The van der Waals surface area contributed by atoms with Crippen LogP contribution in [0.4, 0.5) is 0 Å². The Hall–Kier alpha value is -1.94. The van der Waals surface area contributed by atoms with Crippen molar-refractivity contribution in [1.82, 2.24) is 0 Å². The molecule has 0 aliphatic heterocycles. The first-order valence-corrected chi connectivity index (χ1v) is 7.21. The molecule has 0 aliphatic carbocycles. The smallest absolute Gasteiger partial charge is 0.161 e. The summed E-state index contributed by atoms with van der Waals surface area (Å²) in [6.45, 7) is 0. The molecule has 0 spiro atoms. The maximum atomic E-state index is 5.30. The van der Waals surface area contributed by atoms with Crippen LogP contribution >= 0.6 is 15.9 Å². The molecule has 0 radical (unpaired) electrons. The highest BCUT2D eigenvalue weighted by atomic mass is 79.9. The summed E-state index contributed by atoms with van der Waals surface area (Å²) in [7, 11) is 4.91. The van der Waals surface area contributed by atoms with Crippen molar-refractivity contribution in [3.63, 3.8) is 0 Å². The van der Waals surface area contributed by atoms with Crippen molar-refractivity contribution in [3.8, 4) is 17.2 Å². The predicted octanol–water partition coefficient (Wildman–Crippen LogP) is 4.65. The SMILES string of the molecule is COc1ccc(/C=C/c2ccc(OC)c(OC)c2)cc1Br. The van der Waals surface area contributed by atoms with Crippen molar-refractivity contribution in [1.29, 1.82) is 0 Å². The first-order valence-electron chi connectivity index (χ1n) is 6.41. The number of halogens is 1. The van der Waals surface area contributed by atoms with E-state index >= 15 is 0 Å². The van der Waals surface area contributed by atoms with Gasteiger partial charge in [0.25, 0.3) is 0 Å². The molecule has 0 amide bonds. The lowest BCUT2D eigenvalue weighted by molar-refractivity contribution is 0.355. The van der Waals surface area contributed by atoms with E-state index in [1.165, 1.54) is 0 Å². The molecule has 4 heteroatoms. The van der Waals surface area contributed by atoms with E-state index in [4.69, 9.17) is 14.2 Å². The largest absolute Gasteiger partial charge is 0.496 e. The molecule has 0 N–H and O–H groups in total. The fourth-order valence-corrected chi connectivity index (χ4v) is 2.49. The molecule has 110 valence electrons. The fourth-order valence-electron chi connectivity index (χ4n) is 1.94. The van der Waals surface area contributed by atoms with Crippen LogP contribution in [-0.2, 0) is 0 Å². The van der Waals surface area contributed by atoms with Crippen LogP contribution in [0.15, 0.2) is 40.9 Å². The van der Waals surface area contributed by atoms with Crippen LogP contribution in [0.3, 0.4) is 0 Å². The Morgan fingerprint density at radius 3 is 1.76 bits per heavy atom. The molecule has 2 aromatic rings. The lowest BCUT2D eigenvalue weighted by Gasteiger charge is -2.07. The topological polar surface area (TPSA) is 27.7 Å². The molecular formula is C17H17BrO3. The Kier molecular flexibility index (Phi) is 5.28. The molecule has 0 atom stereocenters. The first-order chi connectivity index (χ1) is 10.2. The van der Waals surface area contributed by atoms with Gasteiger partial charge in [0.15, 0.2) is 11.5 Å². The lowest BCUT2D eigenvalue weighted by Crippen LogP contribution is -1.90. The van der Waals surface area contributed by atoms with Crippen molar-refractivity contribution in [3.05, 3.63) is 52.0 Å². The highest BCUT2D eigenvalue weighted by molar-refractivity contribution is 9.10. The summed E-state index contributed by atoms with van der Waals surface area (Å²) < 4.78 is 16.7. The number of benzene rings is 2. The van der Waals surface area contributed by atoms with Gasteiger partial charge in [0, 0.05) is 0 Å². The summed E-state index contributed by atoms with van der Waals surface area (Å²) in [5.41, 5.74) is 2.12. The second kappa shape index (κ2) is 7.18. The van der Waals surface area contributed by atoms with Gasteiger partial charge in [0.1, 0.15) is 5.75 Å². The summed E-state index contributed by atoms with van der Waals surface area (Å²) >= 11 is 3.48. The van der Waals surface area contributed by atoms with Gasteiger partial charge in [-0.15, -0.1) is 0 Å². The molecule has 0 heterocycles. The minimum absolute atomic E-state index is 0.718. The second-order valence-electron chi connectivity index (χ2n) is 4.34. The van der Waals surface area contributed by atoms with E-state index in [0.29, 0.717) is 0 Å². The van der Waals surface area contributed by atoms with Gasteiger partial charge < -0.3 is 14.2 Å². The van der Waals surface area contributed by atoms with Gasteiger partial charge in [-0.2, -0.15) is 0 Å². The third kappa shape index (κ3) is 3.79. The minimum Gasteiger partial charge on any atom is -0.496 e. The zero-order valence-corrected chi connectivity index (χ0v) is 13.8. The van der Waals surface area contributed by atoms with Crippen molar-refractivity contribution in [2.24, 2.45) is 0 Å². The average Bonchev–Trinajstić information content (AvgIpc) is 2.52. The highest BCUT2D eigenvalue weighted by Crippen LogP contribution is 2.29. The molecule has 0 aromatic heterocycles. The van der Waals surface area contributed by atoms with E-state index < -0.39 is 0 Å². The Balaban J connectivity index is 2.23. The number of hydrogen-bond acceptors (Lipinski definition) is 3. The summed E-state index contributed by atoms with van der Waals surface area (Å²) in [4.78, 5) is 0. The van der Waals surface area contributed by atoms with Crippen molar-refractivity contribution in [2.45, 2.75) is 0 Å². The van der Waals surface area contributed by atoms with Gasteiger partial charge in [-0.1, -0.05) is 24.3 Å². The summed E-state index contributed by atoms with van der Waals surface area (Å²) in [6, 6.07) is 11.8. The van der Waals surface area contributed by atoms with Gasteiger partial charge in [-0.05, 0) is 51.3 Å². The Labute approximate surface area is 133 Å². The quantitative estimate of drug-likeness (QED) is 0.736. The van der Waals surface area contributed by atoms with E-state index in [2.05, 4.69) is 15.9 Å². The normalized spacial score (nSPS) is 10.7. The molecule has 0 saturated heterocycles. The molecular weight excluding hydrogens is 332 g/mol. The molecule has 0 fully saturated rings. The van der Waals surface area contributed by atoms with Crippen LogP contribution < -0.4 is 14.2 Å². The minimum atomic E-state index is 0.718. The number of hydrogen-bond donors (Lipinski definition) is 0. The molecule has 2 rings (SSSR count). The number of rotatable bonds is 5. The van der Waals surface area contributed by atoms with Gasteiger partial charge in [0.05, 0.1) is 25.8 Å². The Morgan fingerprint density at radius 2 is 1.24 bits per heavy atom. The number of methoxy groups -OCH3 is 3. The molecule has 0 unspecified atom stereocenters. The summed E-state index contributed by atoms with van der Waals surface area (Å²) in [5.74, 6) is 2.26. The molecule has 3 nitrogen and oxygen atoms in total. The van der Waals surface area contributed by atoms with Crippen LogP contribution in [0.2, 0.25) is 0 Å². The first kappa shape index (κ1) is 15.4. The van der Waals surface area contributed by atoms with Gasteiger partial charge in [-0.25, -0.2) is 0 Å². The molecule has 0 aliphatic rings. The highest BCUT2D eigenvalue weighted by Gasteiger charge is 2.03. The zero-order valence-electron chi connectivity index (χ0n) is 12.2. The van der Waals surface area contributed by atoms with Gasteiger partial charge in [-0.3, -0.25) is 0 Å². The van der Waals surface area contributed by atoms with Crippen LogP contribution in [0.1, 0.15) is 11.1 Å². The molecule has 2 aromatic carbocycles. The Morgan fingerprint density at radius 1 is 0.714 bits per heavy atom. The summed E-state index contributed by atoms with van der Waals surface area (Å²) in [6.07, 6.45) is 4.06. The third-order valence-corrected chi connectivity index (χ3v) is 3.67. The molecule has 0 saturated carbocycles. The second-order valence-corrected chi connectivity index (χ2v) is 5.20. The van der Waals surface area contributed by atoms with Gasteiger partial charge in [0.2, 0.25) is 0 Å². The van der Waals surface area contributed by atoms with E-state index in [1.54, 1.807) is 21.3 Å². The maximum Gasteiger partial charge on any atom is 0.161 e. The average molecular weight is 349 g/mol. The van der Waals surface area contributed by atoms with Crippen LogP contribution in [0.5, 0.6) is 17.2 Å². The van der Waals surface area contributed by atoms with Crippen LogP contribution in [-0.4, -0.2) is 21.3 Å². The predicted molar refractivity (Wildman–Crippen MR) is 89.2 cm³/mol. The van der Waals surface area contributed by atoms with Crippen molar-refractivity contribution < 1.29 is 14.2 Å². The van der Waals surface area contributed by atoms with E-state index in [1.807, 2.05) is 48.6 Å². The van der Waals surface area contributed by atoms with Crippen LogP contribution in [0.25, 0.3) is 12.2 Å². The lowest BCUT2D eigenvalue weighted by atomic mass is 10.1. The van der Waals surface area contributed by atoms with Gasteiger partial charge >= 0.3 is 0 Å². The standard InChI is InChI=1S/C17H17BrO3/c1-19-15-8-6-12(10-14(15)18)4-5-13-7-9-16(20-2)17(11-13)21-3/h4-11H,1-3H3/b5-4+. The number of ether oxygens (including phenoxy) is 3. The van der Waals surface area contributed by atoms with Crippen molar-refractivity contribution in [2.75, 3.05) is 21.3 Å². The molecule has 0 bridgehead atoms. The van der Waals surface area contributed by atoms with E-state index in [-0.39, 0.29) is 0 Å². The third-order valence-electron chi connectivity index (χ3n) is 3.05. The zero-order chi connectivity index (χ0) is 15.2.